The first kappa shape index (κ1) is 26.3. The fraction of sp³-hybridized carbons (Fsp3) is 0.161. The van der Waals surface area contributed by atoms with Gasteiger partial charge in [-0.25, -0.2) is 4.39 Å². The molecule has 1 saturated heterocycles. The van der Waals surface area contributed by atoms with Gasteiger partial charge in [0.25, 0.3) is 11.8 Å². The molecule has 6 nitrogen and oxygen atoms in total. The smallest absolute Gasteiger partial charge is 0.261 e. The van der Waals surface area contributed by atoms with Crippen molar-refractivity contribution < 1.29 is 19.1 Å². The van der Waals surface area contributed by atoms with E-state index in [4.69, 9.17) is 0 Å². The highest BCUT2D eigenvalue weighted by atomic mass is 32.2. The molecule has 1 aliphatic rings. The van der Waals surface area contributed by atoms with Gasteiger partial charge in [0.2, 0.25) is 0 Å². The van der Waals surface area contributed by atoms with Crippen LogP contribution in [0.1, 0.15) is 26.3 Å². The first-order valence-electron chi connectivity index (χ1n) is 12.7. The van der Waals surface area contributed by atoms with E-state index in [0.29, 0.717) is 54.2 Å². The van der Waals surface area contributed by atoms with Crippen molar-refractivity contribution in [1.82, 2.24) is 9.62 Å². The van der Waals surface area contributed by atoms with Gasteiger partial charge in [0.05, 0.1) is 0 Å². The Morgan fingerprint density at radius 3 is 2.15 bits per heavy atom. The summed E-state index contributed by atoms with van der Waals surface area (Å²) < 4.78 is 17.7. The van der Waals surface area contributed by atoms with Crippen LogP contribution in [0.2, 0.25) is 0 Å². The number of phenolic OH excluding ortho intramolecular Hbond substituents is 1. The number of piperazine rings is 1. The van der Waals surface area contributed by atoms with Crippen LogP contribution >= 0.6 is 11.9 Å². The molecule has 1 heterocycles. The topological polar surface area (TPSA) is 72.9 Å². The first-order valence-corrected chi connectivity index (χ1v) is 13.7. The molecule has 8 heteroatoms. The lowest BCUT2D eigenvalue weighted by Gasteiger charge is -2.36. The molecule has 5 rings (SSSR count). The van der Waals surface area contributed by atoms with Crippen molar-refractivity contribution in [2.75, 3.05) is 31.1 Å². The molecule has 4 aromatic rings. The number of benzene rings is 4. The quantitative estimate of drug-likeness (QED) is 0.292. The second kappa shape index (κ2) is 12.0. The van der Waals surface area contributed by atoms with Crippen molar-refractivity contribution in [3.8, 4) is 16.9 Å². The number of nitrogens with zero attached hydrogens (tertiary/aromatic N) is 2. The number of nitrogens with one attached hydrogen (secondary N) is 1. The highest BCUT2D eigenvalue weighted by Gasteiger charge is 2.23. The summed E-state index contributed by atoms with van der Waals surface area (Å²) in [4.78, 5) is 29.4. The maximum atomic E-state index is 14.8. The number of hydrogen-bond acceptors (Lipinski definition) is 5. The number of halogens is 1. The predicted molar refractivity (Wildman–Crippen MR) is 153 cm³/mol. The highest BCUT2D eigenvalue weighted by Crippen LogP contribution is 2.26. The molecule has 0 atom stereocenters. The molecular formula is C31H28FN3O3S. The third-order valence-corrected chi connectivity index (χ3v) is 7.51. The SMILES string of the molecule is O=C(NSCc1ccccc1)c1ccc(N2CCN(C(=O)c3ccc(-c4ccc(O)cc4)c(F)c3)CC2)cc1. The lowest BCUT2D eigenvalue weighted by Crippen LogP contribution is -2.48. The van der Waals surface area contributed by atoms with Crippen molar-refractivity contribution in [1.29, 1.82) is 0 Å². The maximum Gasteiger partial charge on any atom is 0.261 e. The van der Waals surface area contributed by atoms with Crippen LogP contribution in [-0.2, 0) is 5.75 Å². The summed E-state index contributed by atoms with van der Waals surface area (Å²) in [5.41, 5.74) is 4.04. The minimum atomic E-state index is -0.479. The van der Waals surface area contributed by atoms with Crippen LogP contribution in [0.4, 0.5) is 10.1 Å². The minimum Gasteiger partial charge on any atom is -0.508 e. The van der Waals surface area contributed by atoms with E-state index in [0.717, 1.165) is 11.3 Å². The molecular weight excluding hydrogens is 513 g/mol. The fourth-order valence-electron chi connectivity index (χ4n) is 4.52. The number of aromatic hydroxyl groups is 1. The van der Waals surface area contributed by atoms with E-state index in [1.807, 2.05) is 54.6 Å². The minimum absolute atomic E-state index is 0.111. The van der Waals surface area contributed by atoms with E-state index < -0.39 is 5.82 Å². The molecule has 0 aromatic heterocycles. The molecule has 0 saturated carbocycles. The molecule has 0 spiro atoms. The van der Waals surface area contributed by atoms with Crippen molar-refractivity contribution in [2.45, 2.75) is 5.75 Å². The van der Waals surface area contributed by atoms with Crippen molar-refractivity contribution in [3.63, 3.8) is 0 Å². The average molecular weight is 542 g/mol. The summed E-state index contributed by atoms with van der Waals surface area (Å²) in [6.45, 7) is 2.30. The Bertz CT molecular complexity index is 1440. The second-order valence-electron chi connectivity index (χ2n) is 9.27. The van der Waals surface area contributed by atoms with E-state index >= 15 is 0 Å². The summed E-state index contributed by atoms with van der Waals surface area (Å²) in [5, 5.41) is 9.46. The van der Waals surface area contributed by atoms with Crippen molar-refractivity contribution in [3.05, 3.63) is 120 Å². The van der Waals surface area contributed by atoms with Crippen LogP contribution < -0.4 is 9.62 Å². The number of anilines is 1. The van der Waals surface area contributed by atoms with Crippen LogP contribution in [0, 0.1) is 5.82 Å². The number of carbonyl (C=O) groups excluding carboxylic acids is 2. The standard InChI is InChI=1S/C31H28FN3O3S/c32-29-20-25(10-15-28(29)23-8-13-27(36)14-9-23)31(38)35-18-16-34(17-19-35)26-11-6-24(7-12-26)30(37)33-39-21-22-4-2-1-3-5-22/h1-15,20,36H,16-19,21H2,(H,33,37). The van der Waals surface area contributed by atoms with Gasteiger partial charge in [-0.1, -0.05) is 48.5 Å². The number of phenols is 1. The lowest BCUT2D eigenvalue weighted by atomic mass is 10.0. The molecule has 1 aliphatic heterocycles. The Morgan fingerprint density at radius 2 is 1.49 bits per heavy atom. The van der Waals surface area contributed by atoms with Crippen LogP contribution in [0.25, 0.3) is 11.1 Å². The van der Waals surface area contributed by atoms with Crippen molar-refractivity contribution in [2.24, 2.45) is 0 Å². The number of rotatable bonds is 7. The normalized spacial score (nSPS) is 13.3. The Hall–Kier alpha value is -4.30. The summed E-state index contributed by atoms with van der Waals surface area (Å²) in [6.07, 6.45) is 0. The van der Waals surface area contributed by atoms with Gasteiger partial charge in [0, 0.05) is 54.3 Å². The van der Waals surface area contributed by atoms with Gasteiger partial charge in [-0.2, -0.15) is 0 Å². The Kier molecular flexibility index (Phi) is 8.13. The number of carbonyl (C=O) groups is 2. The molecule has 4 aromatic carbocycles. The van der Waals surface area contributed by atoms with Gasteiger partial charge in [-0.3, -0.25) is 14.3 Å². The van der Waals surface area contributed by atoms with Crippen LogP contribution in [0.3, 0.4) is 0 Å². The molecule has 0 radical (unpaired) electrons. The summed E-state index contributed by atoms with van der Waals surface area (Å²) in [6, 6.07) is 28.2. The fourth-order valence-corrected chi connectivity index (χ4v) is 5.20. The zero-order valence-electron chi connectivity index (χ0n) is 21.2. The van der Waals surface area contributed by atoms with Gasteiger partial charge < -0.3 is 14.9 Å². The molecule has 39 heavy (non-hydrogen) atoms. The van der Waals surface area contributed by atoms with E-state index in [2.05, 4.69) is 9.62 Å². The maximum absolute atomic E-state index is 14.8. The lowest BCUT2D eigenvalue weighted by molar-refractivity contribution is 0.0746. The third kappa shape index (κ3) is 6.41. The van der Waals surface area contributed by atoms with Gasteiger partial charge in [-0.05, 0) is 71.6 Å². The summed E-state index contributed by atoms with van der Waals surface area (Å²) in [5.74, 6) is -0.0107. The summed E-state index contributed by atoms with van der Waals surface area (Å²) in [7, 11) is 0. The van der Waals surface area contributed by atoms with E-state index in [1.165, 1.54) is 30.1 Å². The summed E-state index contributed by atoms with van der Waals surface area (Å²) >= 11 is 1.36. The van der Waals surface area contributed by atoms with Gasteiger partial charge >= 0.3 is 0 Å². The predicted octanol–water partition coefficient (Wildman–Crippen LogP) is 5.74. The zero-order chi connectivity index (χ0) is 27.2. The molecule has 0 aliphatic carbocycles. The number of amides is 2. The average Bonchev–Trinajstić information content (AvgIpc) is 2.98. The van der Waals surface area contributed by atoms with Crippen LogP contribution in [0.15, 0.2) is 97.1 Å². The Labute approximate surface area is 231 Å². The van der Waals surface area contributed by atoms with E-state index in [-0.39, 0.29) is 17.6 Å². The highest BCUT2D eigenvalue weighted by molar-refractivity contribution is 7.97. The van der Waals surface area contributed by atoms with Gasteiger partial charge in [-0.15, -0.1) is 0 Å². The molecule has 0 bridgehead atoms. The largest absolute Gasteiger partial charge is 0.508 e. The Balaban J connectivity index is 1.13. The van der Waals surface area contributed by atoms with Gasteiger partial charge in [0.15, 0.2) is 0 Å². The molecule has 0 unspecified atom stereocenters. The molecule has 198 valence electrons. The van der Waals surface area contributed by atoms with Crippen molar-refractivity contribution >= 4 is 29.4 Å². The third-order valence-electron chi connectivity index (χ3n) is 6.70. The first-order chi connectivity index (χ1) is 19.0. The molecule has 1 fully saturated rings. The van der Waals surface area contributed by atoms with Crippen LogP contribution in [0.5, 0.6) is 5.75 Å². The second-order valence-corrected chi connectivity index (χ2v) is 10.1. The zero-order valence-corrected chi connectivity index (χ0v) is 22.0. The van der Waals surface area contributed by atoms with E-state index in [9.17, 15) is 19.1 Å². The number of hydrogen-bond donors (Lipinski definition) is 2. The van der Waals surface area contributed by atoms with Crippen LogP contribution in [-0.4, -0.2) is 48.0 Å². The monoisotopic (exact) mass is 541 g/mol. The molecule has 2 amide bonds. The van der Waals surface area contributed by atoms with E-state index in [1.54, 1.807) is 29.2 Å². The Morgan fingerprint density at radius 1 is 0.821 bits per heavy atom. The molecule has 2 N–H and O–H groups in total. The van der Waals surface area contributed by atoms with Gasteiger partial charge in [0.1, 0.15) is 11.6 Å².